The normalized spacial score (nSPS) is 14.1. The number of carbonyl (C=O) groups excluding carboxylic acids is 1. The number of alkyl halides is 3. The number of halogens is 3. The highest BCUT2D eigenvalue weighted by atomic mass is 32.2. The van der Waals surface area contributed by atoms with Gasteiger partial charge in [0.1, 0.15) is 0 Å². The van der Waals surface area contributed by atoms with Crippen molar-refractivity contribution in [2.45, 2.75) is 19.2 Å². The van der Waals surface area contributed by atoms with E-state index < -0.39 is 23.8 Å². The third kappa shape index (κ3) is 7.52. The van der Waals surface area contributed by atoms with Crippen LogP contribution in [0.1, 0.15) is 6.92 Å². The lowest BCUT2D eigenvalue weighted by atomic mass is 10.4. The fourth-order valence-electron chi connectivity index (χ4n) is 0.494. The summed E-state index contributed by atoms with van der Waals surface area (Å²) >= 11 is 2.22. The Balaban J connectivity index is 3.42. The topological polar surface area (TPSA) is 37.3 Å². The van der Waals surface area contributed by atoms with Crippen molar-refractivity contribution in [3.63, 3.8) is 0 Å². The molecule has 1 N–H and O–H groups in total. The van der Waals surface area contributed by atoms with Crippen LogP contribution in [0, 0.1) is 0 Å². The molecule has 84 valence electrons. The second-order valence-corrected chi connectivity index (χ2v) is 4.99. The summed E-state index contributed by atoms with van der Waals surface area (Å²) < 4.78 is 35.0. The minimum atomic E-state index is -4.72. The Morgan fingerprint density at radius 1 is 1.43 bits per heavy atom. The number of hydrogen-bond donors (Lipinski definition) is 1. The first-order valence-corrected chi connectivity index (χ1v) is 6.08. The average molecular weight is 248 g/mol. The Hall–Kier alpha value is 0.120. The van der Waals surface area contributed by atoms with Crippen molar-refractivity contribution in [2.24, 2.45) is 0 Å². The number of thioether (sulfide) groups is 2. The van der Waals surface area contributed by atoms with E-state index in [9.17, 15) is 18.0 Å². The minimum Gasteiger partial charge on any atom is -0.393 e. The van der Waals surface area contributed by atoms with Crippen LogP contribution in [0.4, 0.5) is 13.2 Å². The predicted octanol–water partition coefficient (Wildman–Crippen LogP) is 1.92. The van der Waals surface area contributed by atoms with E-state index in [0.717, 1.165) is 11.8 Å². The van der Waals surface area contributed by atoms with Crippen LogP contribution < -0.4 is 0 Å². The van der Waals surface area contributed by atoms with Gasteiger partial charge in [-0.15, -0.1) is 23.5 Å². The lowest BCUT2D eigenvalue weighted by Crippen LogP contribution is -2.24. The van der Waals surface area contributed by atoms with Crippen molar-refractivity contribution in [1.82, 2.24) is 0 Å². The largest absolute Gasteiger partial charge is 0.450 e. The molecule has 0 aliphatic rings. The molecule has 0 heterocycles. The number of aliphatic hydroxyl groups excluding tert-OH is 1. The minimum absolute atomic E-state index is 0.382. The molecule has 0 fully saturated rings. The van der Waals surface area contributed by atoms with Crippen LogP contribution in [0.25, 0.3) is 0 Å². The highest BCUT2D eigenvalue weighted by molar-refractivity contribution is 8.16. The van der Waals surface area contributed by atoms with E-state index in [1.807, 2.05) is 0 Å². The molecule has 0 rings (SSSR count). The molecule has 0 aromatic rings. The van der Waals surface area contributed by atoms with Crippen LogP contribution in [0.2, 0.25) is 0 Å². The summed E-state index contributed by atoms with van der Waals surface area (Å²) in [4.78, 5) is 10.4. The van der Waals surface area contributed by atoms with Crippen molar-refractivity contribution < 1.29 is 23.1 Å². The van der Waals surface area contributed by atoms with Gasteiger partial charge in [0.25, 0.3) is 0 Å². The zero-order valence-electron chi connectivity index (χ0n) is 7.50. The van der Waals surface area contributed by atoms with Gasteiger partial charge < -0.3 is 5.11 Å². The van der Waals surface area contributed by atoms with E-state index in [0.29, 0.717) is 10.8 Å². The van der Waals surface area contributed by atoms with Crippen LogP contribution in [0.3, 0.4) is 0 Å². The number of ketones is 1. The lowest BCUT2D eigenvalue weighted by molar-refractivity contribution is -0.167. The van der Waals surface area contributed by atoms with Crippen LogP contribution >= 0.6 is 23.5 Å². The van der Waals surface area contributed by atoms with E-state index in [1.54, 1.807) is 6.92 Å². The molecule has 7 heteroatoms. The number of Topliss-reactive ketones (excluding diaryl/α,β-unsaturated/α-hetero) is 1. The van der Waals surface area contributed by atoms with Gasteiger partial charge in [-0.2, -0.15) is 13.2 Å². The quantitative estimate of drug-likeness (QED) is 0.575. The molecule has 0 saturated carbocycles. The maximum Gasteiger partial charge on any atom is 0.450 e. The molecule has 1 atom stereocenters. The first-order chi connectivity index (χ1) is 6.34. The molecule has 1 unspecified atom stereocenters. The van der Waals surface area contributed by atoms with E-state index in [2.05, 4.69) is 0 Å². The molecule has 0 saturated heterocycles. The Morgan fingerprint density at radius 3 is 2.43 bits per heavy atom. The molecular formula is C7H11F3O2S2. The monoisotopic (exact) mass is 248 g/mol. The summed E-state index contributed by atoms with van der Waals surface area (Å²) in [6.45, 7) is 1.60. The number of carbonyl (C=O) groups is 1. The molecule has 2 nitrogen and oxygen atoms in total. The second-order valence-electron chi connectivity index (χ2n) is 2.61. The van der Waals surface area contributed by atoms with Crippen LogP contribution in [0.15, 0.2) is 0 Å². The number of rotatable bonds is 6. The van der Waals surface area contributed by atoms with Crippen LogP contribution in [0.5, 0.6) is 0 Å². The molecule has 0 spiro atoms. The van der Waals surface area contributed by atoms with Gasteiger partial charge in [0, 0.05) is 10.8 Å². The third-order valence-corrected chi connectivity index (χ3v) is 3.59. The van der Waals surface area contributed by atoms with Gasteiger partial charge in [-0.25, -0.2) is 0 Å². The fourth-order valence-corrected chi connectivity index (χ4v) is 2.37. The van der Waals surface area contributed by atoms with Crippen LogP contribution in [-0.4, -0.2) is 39.8 Å². The van der Waals surface area contributed by atoms with Gasteiger partial charge in [0.05, 0.1) is 11.9 Å². The maximum atomic E-state index is 11.7. The maximum absolute atomic E-state index is 11.7. The average Bonchev–Trinajstić information content (AvgIpc) is 2.01. The fraction of sp³-hybridized carbons (Fsp3) is 0.857. The molecular weight excluding hydrogens is 237 g/mol. The van der Waals surface area contributed by atoms with E-state index >= 15 is 0 Å². The van der Waals surface area contributed by atoms with Crippen molar-refractivity contribution in [2.75, 3.05) is 16.6 Å². The van der Waals surface area contributed by atoms with Gasteiger partial charge in [-0.3, -0.25) is 4.79 Å². The summed E-state index contributed by atoms with van der Waals surface area (Å²) in [6.07, 6.45) is -5.19. The van der Waals surface area contributed by atoms with Gasteiger partial charge in [0.2, 0.25) is 5.78 Å². The van der Waals surface area contributed by atoms with Gasteiger partial charge in [-0.1, -0.05) is 0 Å². The van der Waals surface area contributed by atoms with Crippen LogP contribution in [-0.2, 0) is 4.79 Å². The molecule has 0 aromatic carbocycles. The second kappa shape index (κ2) is 6.58. The Bertz CT molecular complexity index is 182. The van der Waals surface area contributed by atoms with E-state index in [-0.39, 0.29) is 0 Å². The third-order valence-electron chi connectivity index (χ3n) is 1.08. The predicted molar refractivity (Wildman–Crippen MR) is 52.5 cm³/mol. The summed E-state index contributed by atoms with van der Waals surface area (Å²) in [5, 5.41) is 9.19. The van der Waals surface area contributed by atoms with E-state index in [4.69, 9.17) is 5.11 Å². The molecule has 0 radical (unpaired) electrons. The standard InChI is InChI=1S/C7H11F3O2S2/c1-5(11)2-13-4-14-3-6(12)7(8,9)10/h5,11H,2-4H2,1H3. The molecule has 0 aliphatic carbocycles. The molecule has 14 heavy (non-hydrogen) atoms. The van der Waals surface area contributed by atoms with Gasteiger partial charge >= 0.3 is 6.18 Å². The van der Waals surface area contributed by atoms with Crippen molar-refractivity contribution in [1.29, 1.82) is 0 Å². The van der Waals surface area contributed by atoms with Crippen molar-refractivity contribution >= 4 is 29.3 Å². The zero-order chi connectivity index (χ0) is 11.2. The summed E-state index contributed by atoms with van der Waals surface area (Å²) in [7, 11) is 0. The number of hydrogen-bond acceptors (Lipinski definition) is 4. The lowest BCUT2D eigenvalue weighted by Gasteiger charge is -2.05. The van der Waals surface area contributed by atoms with Crippen molar-refractivity contribution in [3.05, 3.63) is 0 Å². The molecule has 0 bridgehead atoms. The van der Waals surface area contributed by atoms with Gasteiger partial charge in [0.15, 0.2) is 0 Å². The highest BCUT2D eigenvalue weighted by Gasteiger charge is 2.37. The zero-order valence-corrected chi connectivity index (χ0v) is 9.14. The summed E-state index contributed by atoms with van der Waals surface area (Å²) in [6, 6.07) is 0. The Morgan fingerprint density at radius 2 is 2.00 bits per heavy atom. The smallest absolute Gasteiger partial charge is 0.393 e. The number of aliphatic hydroxyl groups is 1. The first-order valence-electron chi connectivity index (χ1n) is 3.77. The summed E-state index contributed by atoms with van der Waals surface area (Å²) in [5.74, 6) is -1.79. The molecule has 0 aromatic heterocycles. The first kappa shape index (κ1) is 14.1. The Labute approximate surface area is 88.6 Å². The van der Waals surface area contributed by atoms with E-state index in [1.165, 1.54) is 11.8 Å². The molecule has 0 aliphatic heterocycles. The van der Waals surface area contributed by atoms with Crippen molar-refractivity contribution in [3.8, 4) is 0 Å². The van der Waals surface area contributed by atoms with Gasteiger partial charge in [-0.05, 0) is 6.92 Å². The molecule has 0 amide bonds. The Kier molecular flexibility index (Phi) is 6.63. The SMILES string of the molecule is CC(O)CSCSCC(=O)C(F)(F)F. The summed E-state index contributed by atoms with van der Waals surface area (Å²) in [5.41, 5.74) is 0. The highest BCUT2D eigenvalue weighted by Crippen LogP contribution is 2.20.